The maximum Gasteiger partial charge on any atom is 0.217 e. The van der Waals surface area contributed by atoms with Crippen molar-refractivity contribution in [3.05, 3.63) is 0 Å². The third-order valence-electron chi connectivity index (χ3n) is 27.0. The average molecular weight is 2150 g/mol. The number of hydrogen-bond acceptors (Lipinski definition) is 60. The predicted octanol–water partition coefficient (Wildman–Crippen LogP) is -25.4. The highest BCUT2D eigenvalue weighted by atomic mass is 16.8. The number of carbonyl (C=O) groups is 5. The van der Waals surface area contributed by atoms with E-state index in [2.05, 4.69) is 26.6 Å². The topological polar surface area (TPSA) is 1010 Å². The maximum atomic E-state index is 13.4. The van der Waals surface area contributed by atoms with Gasteiger partial charge in [0.25, 0.3) is 0 Å². The Labute approximate surface area is 832 Å². The Balaban J connectivity index is 0.884. The van der Waals surface area contributed by atoms with Crippen LogP contribution in [0.1, 0.15) is 41.5 Å². The molecule has 147 heavy (non-hydrogen) atoms. The van der Waals surface area contributed by atoms with Gasteiger partial charge >= 0.3 is 0 Å². The summed E-state index contributed by atoms with van der Waals surface area (Å²) >= 11 is 0. The Morgan fingerprint density at radius 1 is 0.190 bits per heavy atom. The second-order valence-corrected chi connectivity index (χ2v) is 37.4. The van der Waals surface area contributed by atoms with Gasteiger partial charge in [-0.25, -0.2) is 0 Å². The summed E-state index contributed by atoms with van der Waals surface area (Å²) < 4.78 is 137. The molecule has 12 aliphatic rings. The first-order valence-electron chi connectivity index (χ1n) is 47.0. The number of hydrogen-bond donors (Lipinski definition) is 37. The normalized spacial score (nSPS) is 49.6. The van der Waals surface area contributed by atoms with E-state index in [-0.39, 0.29) is 0 Å². The third kappa shape index (κ3) is 27.0. The molecule has 0 unspecified atom stereocenters. The lowest BCUT2D eigenvalue weighted by Gasteiger charge is -2.51. The summed E-state index contributed by atoms with van der Waals surface area (Å²) in [6.45, 7) is -6.64. The van der Waals surface area contributed by atoms with Gasteiger partial charge in [-0.15, -0.1) is 0 Å². The first kappa shape index (κ1) is 121. The van der Waals surface area contributed by atoms with Crippen LogP contribution in [-0.4, -0.2) is 634 Å². The van der Waals surface area contributed by atoms with Gasteiger partial charge in [0.1, 0.15) is 287 Å². The van der Waals surface area contributed by atoms with Crippen molar-refractivity contribution in [3.8, 4) is 0 Å². The Bertz CT molecular complexity index is 4110. The summed E-state index contributed by atoms with van der Waals surface area (Å²) in [6, 6.07) is -9.77. The largest absolute Gasteiger partial charge is 0.394 e. The van der Waals surface area contributed by atoms with Crippen molar-refractivity contribution < 1.29 is 296 Å². The van der Waals surface area contributed by atoms with Crippen LogP contribution in [0.5, 0.6) is 0 Å². The molecular formula is C82H137N5O60. The summed E-state index contributed by atoms with van der Waals surface area (Å²) in [5.41, 5.74) is 0. The number of carbonyl (C=O) groups excluding carboxylic acids is 5. The number of rotatable bonds is 38. The quantitative estimate of drug-likeness (QED) is 0.0273. The van der Waals surface area contributed by atoms with E-state index in [0.29, 0.717) is 0 Å². The molecule has 12 saturated heterocycles. The van der Waals surface area contributed by atoms with Gasteiger partial charge in [0.15, 0.2) is 75.5 Å². The fraction of sp³-hybridized carbons (Fsp3) is 0.939. The SMILES string of the molecule is CC(=O)N[C@@H]1[C@@H](O)[C@H](O[C@@H]2O[C@H](CO)[C@@H](O[C@@H]3O[C@H](CO[C@H]4O[C@H](CO[C@@H]5O[C@H](CO)[C@@H](O[C@@H]6O[C@H](CO)[C@H](O)[C@H](O)[C@H]6O)[C@H](O)[C@H]5NC(C)=O)[C@@H](O)[C@H](O)[C@@H]4O[C@@H]4O[C@H](CO)[C@@H](O[C@@H]5O[C@H](CO)[C@H](O)[C@H](O)[C@H]5O)[C@H](O)[C@H]4NC(C)=O)[C@@H](O)[C@H](O[C@H]4O[C@H](CO)[C@@H](O[C@@H]5O[C@H](CO)[C@@H](O[C@@H]6O[C@H](CO)[C@H](O)[C@H](O)[C@H]6O)[C@H](O)[C@H]5NC(C)=O)[C@H](O)[C@@H]4O)[C@@H]3O)[C@H](O)[C@H]2NC(C)=O)[C@@H](CO[C@H]2O[C@H](C)[C@H](O)[C@H](O)[C@H]2O)O[C@H]1O. The lowest BCUT2D eigenvalue weighted by atomic mass is 9.93. The van der Waals surface area contributed by atoms with Crippen LogP contribution >= 0.6 is 0 Å². The van der Waals surface area contributed by atoms with E-state index in [1.807, 2.05) is 0 Å². The molecule has 37 N–H and O–H groups in total. The minimum absolute atomic E-state index is 0.878. The molecule has 0 aromatic rings. The number of ether oxygens (including phenoxy) is 23. The molecule has 60 atom stereocenters. The zero-order chi connectivity index (χ0) is 108. The summed E-state index contributed by atoms with van der Waals surface area (Å²) in [6.07, 6.45) is -117. The van der Waals surface area contributed by atoms with E-state index in [1.165, 1.54) is 6.92 Å². The van der Waals surface area contributed by atoms with Crippen LogP contribution in [0.4, 0.5) is 0 Å². The van der Waals surface area contributed by atoms with Crippen molar-refractivity contribution in [3.63, 3.8) is 0 Å². The first-order chi connectivity index (χ1) is 69.5. The van der Waals surface area contributed by atoms with Crippen molar-refractivity contribution in [2.24, 2.45) is 0 Å². The monoisotopic (exact) mass is 2150 g/mol. The summed E-state index contributed by atoms with van der Waals surface area (Å²) in [5.74, 6) is -4.85. The average Bonchev–Trinajstić information content (AvgIpc) is 0.762. The van der Waals surface area contributed by atoms with Gasteiger partial charge in [-0.05, 0) is 6.92 Å². The van der Waals surface area contributed by atoms with Crippen LogP contribution in [0.2, 0.25) is 0 Å². The lowest BCUT2D eigenvalue weighted by molar-refractivity contribution is -0.395. The van der Waals surface area contributed by atoms with Crippen molar-refractivity contribution in [1.29, 1.82) is 0 Å². The van der Waals surface area contributed by atoms with Gasteiger partial charge in [-0.1, -0.05) is 0 Å². The fourth-order valence-corrected chi connectivity index (χ4v) is 19.1. The van der Waals surface area contributed by atoms with Gasteiger partial charge in [-0.2, -0.15) is 0 Å². The zero-order valence-electron chi connectivity index (χ0n) is 79.2. The number of aliphatic hydroxyl groups is 32. The highest BCUT2D eigenvalue weighted by Gasteiger charge is 2.63. The third-order valence-corrected chi connectivity index (χ3v) is 27.0. The minimum atomic E-state index is -2.70. The molecule has 5 amide bonds. The predicted molar refractivity (Wildman–Crippen MR) is 452 cm³/mol. The molecular weight excluding hydrogens is 2010 g/mol. The molecule has 65 nitrogen and oxygen atoms in total. The van der Waals surface area contributed by atoms with Crippen LogP contribution in [-0.2, 0) is 133 Å². The number of nitrogens with one attached hydrogen (secondary N) is 5. The molecule has 12 fully saturated rings. The maximum absolute atomic E-state index is 13.4. The van der Waals surface area contributed by atoms with Crippen molar-refractivity contribution in [2.45, 2.75) is 410 Å². The van der Waals surface area contributed by atoms with Gasteiger partial charge in [0.05, 0.1) is 78.8 Å². The fourth-order valence-electron chi connectivity index (χ4n) is 19.1. The van der Waals surface area contributed by atoms with Gasteiger partial charge in [0.2, 0.25) is 29.5 Å². The van der Waals surface area contributed by atoms with Crippen LogP contribution in [0.25, 0.3) is 0 Å². The van der Waals surface area contributed by atoms with E-state index in [4.69, 9.17) is 109 Å². The van der Waals surface area contributed by atoms with Crippen LogP contribution < -0.4 is 26.6 Å². The first-order valence-corrected chi connectivity index (χ1v) is 47.0. The summed E-state index contributed by atoms with van der Waals surface area (Å²) in [4.78, 5) is 65.2. The van der Waals surface area contributed by atoms with Crippen molar-refractivity contribution in [1.82, 2.24) is 26.6 Å². The van der Waals surface area contributed by atoms with Crippen LogP contribution in [0.3, 0.4) is 0 Å². The highest BCUT2D eigenvalue weighted by Crippen LogP contribution is 2.42. The number of aliphatic hydroxyl groups excluding tert-OH is 32. The molecule has 0 aromatic heterocycles. The molecule has 0 bridgehead atoms. The van der Waals surface area contributed by atoms with E-state index in [1.54, 1.807) is 0 Å². The Morgan fingerprint density at radius 3 is 0.782 bits per heavy atom. The molecule has 0 spiro atoms. The molecule has 65 heteroatoms. The standard InChI is InChI=1S/C82H137N5O60/c1-18-40(101)51(112)57(118)76(128-18)126-17-34-68(46(107)35(71(124)129-34)83-19(2)96)141-74-38(86-22(5)99)49(110)66(30(13-94)135-74)145-81-62(123)69(146-80-61(122)56(117)67(31(14-95)137-80)140-73-37(85-21(4)98)48(109)64(28(11-92)134-73)143-78-59(120)53(114)42(103)25(8-89)131-78)45(106)33(138-81)16-127-82-70(147-75-39(87-23(6)100)50(111)65(29(12-93)136-75)144-79-60(121)54(115)43(104)26(9-90)132-79)55(116)44(105)32(139-82)15-125-72-36(84-20(3)97)47(108)63(27(10-91)133-72)142-77-58(119)52(113)41(102)24(7-88)130-77/h18,24-82,88-95,101-124H,7-17H2,1-6H3,(H,83,96)(H,84,97)(H,85,98)(H,86,99)(H,87,100)/t18-,24-,25-,26-,27-,28-,29-,30-,31-,32-,33-,34-,35-,36-,37-,38-,39-,40+,41+,42+,43+,44-,45-,46-,47-,48-,49-,50-,51+,52+,53+,54+,55+,56-,57-,58-,59-,60-,61+,62+,63-,64-,65-,66-,67-,68-,69+,70+,71-,72-,73+,74+,75+,76+,77+,78+,79+,80-,81+,82+/m1/s1. The molecule has 12 rings (SSSR count). The number of amides is 5. The Hall–Kier alpha value is -4.85. The zero-order valence-corrected chi connectivity index (χ0v) is 79.2. The molecule has 0 radical (unpaired) electrons. The van der Waals surface area contributed by atoms with E-state index in [9.17, 15) is 187 Å². The smallest absolute Gasteiger partial charge is 0.217 e. The molecule has 0 aromatic carbocycles. The van der Waals surface area contributed by atoms with Crippen molar-refractivity contribution >= 4 is 29.5 Å². The summed E-state index contributed by atoms with van der Waals surface area (Å²) in [7, 11) is 0. The summed E-state index contributed by atoms with van der Waals surface area (Å²) in [5, 5.41) is 372. The second-order valence-electron chi connectivity index (χ2n) is 37.4. The minimum Gasteiger partial charge on any atom is -0.394 e. The lowest BCUT2D eigenvalue weighted by Crippen LogP contribution is -2.71. The van der Waals surface area contributed by atoms with Gasteiger partial charge in [-0.3, -0.25) is 24.0 Å². The highest BCUT2D eigenvalue weighted by molar-refractivity contribution is 5.75. The van der Waals surface area contributed by atoms with E-state index >= 15 is 0 Å². The molecule has 0 aliphatic carbocycles. The molecule has 12 heterocycles. The van der Waals surface area contributed by atoms with E-state index in [0.717, 1.165) is 34.6 Å². The van der Waals surface area contributed by atoms with Crippen LogP contribution in [0, 0.1) is 0 Å². The Morgan fingerprint density at radius 2 is 0.415 bits per heavy atom. The van der Waals surface area contributed by atoms with Gasteiger partial charge in [0, 0.05) is 34.6 Å². The molecule has 0 saturated carbocycles. The Kier molecular flexibility index (Phi) is 43.4. The van der Waals surface area contributed by atoms with E-state index < -0.39 is 470 Å². The van der Waals surface area contributed by atoms with Crippen molar-refractivity contribution in [2.75, 3.05) is 72.7 Å². The second kappa shape index (κ2) is 52.8. The molecule has 12 aliphatic heterocycles. The molecule has 850 valence electrons. The van der Waals surface area contributed by atoms with Gasteiger partial charge < -0.3 is 299 Å². The van der Waals surface area contributed by atoms with Crippen LogP contribution in [0.15, 0.2) is 0 Å².